The lowest BCUT2D eigenvalue weighted by Gasteiger charge is -2.31. The van der Waals surface area contributed by atoms with Gasteiger partial charge in [-0.2, -0.15) is 0 Å². The van der Waals surface area contributed by atoms with Crippen molar-refractivity contribution in [2.45, 2.75) is 31.7 Å². The number of benzene rings is 1. The summed E-state index contributed by atoms with van der Waals surface area (Å²) < 4.78 is 5.40. The topological polar surface area (TPSA) is 75.9 Å². The molecule has 2 N–H and O–H groups in total. The normalized spacial score (nSPS) is 23.9. The number of amides is 2. The predicted molar refractivity (Wildman–Crippen MR) is 90.6 cm³/mol. The highest BCUT2D eigenvalue weighted by molar-refractivity contribution is 5.92. The molecule has 1 aromatic rings. The van der Waals surface area contributed by atoms with Crippen LogP contribution in [-0.2, 0) is 21.5 Å². The number of nitrogens with two attached hydrogens (primary N) is 1. The quantitative estimate of drug-likeness (QED) is 0.892. The molecule has 130 valence electrons. The van der Waals surface area contributed by atoms with E-state index in [1.165, 1.54) is 0 Å². The zero-order chi connectivity index (χ0) is 17.3. The molecule has 1 aromatic carbocycles. The van der Waals surface area contributed by atoms with Gasteiger partial charge >= 0.3 is 0 Å². The van der Waals surface area contributed by atoms with Crippen LogP contribution in [0.2, 0.25) is 0 Å². The first-order chi connectivity index (χ1) is 11.5. The van der Waals surface area contributed by atoms with Crippen LogP contribution in [0.5, 0.6) is 5.75 Å². The van der Waals surface area contributed by atoms with Crippen molar-refractivity contribution in [2.24, 2.45) is 5.73 Å². The minimum atomic E-state index is -1.06. The molecule has 0 radical (unpaired) electrons. The second-order valence-electron chi connectivity index (χ2n) is 6.51. The van der Waals surface area contributed by atoms with Gasteiger partial charge in [-0.3, -0.25) is 9.59 Å². The summed E-state index contributed by atoms with van der Waals surface area (Å²) in [7, 11) is 1.63. The lowest BCUT2D eigenvalue weighted by Crippen LogP contribution is -2.53. The van der Waals surface area contributed by atoms with E-state index in [0.29, 0.717) is 32.5 Å². The Kier molecular flexibility index (Phi) is 4.49. The van der Waals surface area contributed by atoms with Crippen LogP contribution >= 0.6 is 0 Å². The van der Waals surface area contributed by atoms with Crippen molar-refractivity contribution in [2.75, 3.05) is 33.3 Å². The zero-order valence-electron chi connectivity index (χ0n) is 14.4. The molecule has 1 unspecified atom stereocenters. The number of ether oxygens (including phenoxy) is 1. The van der Waals surface area contributed by atoms with E-state index < -0.39 is 5.54 Å². The van der Waals surface area contributed by atoms with Crippen molar-refractivity contribution in [1.29, 1.82) is 0 Å². The van der Waals surface area contributed by atoms with Crippen molar-refractivity contribution in [1.82, 2.24) is 9.80 Å². The fourth-order valence-electron chi connectivity index (χ4n) is 3.82. The summed E-state index contributed by atoms with van der Waals surface area (Å²) in [5.41, 5.74) is 7.33. The Balaban J connectivity index is 1.87. The van der Waals surface area contributed by atoms with Gasteiger partial charge in [-0.1, -0.05) is 12.1 Å². The van der Waals surface area contributed by atoms with Gasteiger partial charge in [0.05, 0.1) is 13.7 Å². The number of fused-ring (bicyclic) bond motifs is 1. The molecular formula is C18H25N3O3. The first-order valence-corrected chi connectivity index (χ1v) is 8.53. The average Bonchev–Trinajstić information content (AvgIpc) is 2.83. The Hall–Kier alpha value is -2.08. The molecule has 0 spiro atoms. The number of hydrogen-bond donors (Lipinski definition) is 1. The van der Waals surface area contributed by atoms with Crippen LogP contribution in [0, 0.1) is 0 Å². The summed E-state index contributed by atoms with van der Waals surface area (Å²) in [5, 5.41) is 0. The van der Waals surface area contributed by atoms with E-state index in [9.17, 15) is 9.59 Å². The number of likely N-dealkylation sites (N-methyl/N-ethyl adjacent to an activating group) is 1. The van der Waals surface area contributed by atoms with Crippen molar-refractivity contribution < 1.29 is 14.3 Å². The van der Waals surface area contributed by atoms with Gasteiger partial charge in [-0.05, 0) is 43.4 Å². The highest BCUT2D eigenvalue weighted by Gasteiger charge is 2.45. The number of carbonyl (C=O) groups excluding carboxylic acids is 2. The van der Waals surface area contributed by atoms with Crippen LogP contribution in [0.25, 0.3) is 0 Å². The van der Waals surface area contributed by atoms with Gasteiger partial charge in [0.2, 0.25) is 11.8 Å². The SMILES string of the molecule is CCN1CCCN(C(=O)C2(N)CCc3c(OC)cccc32)CC1=O. The standard InChI is InChI=1S/C18H25N3O3/c1-3-20-10-5-11-21(12-16(20)22)17(23)18(19)9-8-13-14(18)6-4-7-15(13)24-2/h4,6-7H,3,5,8-12,19H2,1-2H3. The van der Waals surface area contributed by atoms with Crippen molar-refractivity contribution in [3.8, 4) is 5.75 Å². The van der Waals surface area contributed by atoms with E-state index in [2.05, 4.69) is 0 Å². The third-order valence-corrected chi connectivity index (χ3v) is 5.19. The number of nitrogens with zero attached hydrogens (tertiary/aromatic N) is 2. The molecule has 1 saturated heterocycles. The molecule has 1 aliphatic heterocycles. The predicted octanol–water partition coefficient (Wildman–Crippen LogP) is 0.876. The van der Waals surface area contributed by atoms with Crippen LogP contribution in [0.1, 0.15) is 30.9 Å². The maximum absolute atomic E-state index is 13.2. The van der Waals surface area contributed by atoms with Gasteiger partial charge in [-0.15, -0.1) is 0 Å². The Morgan fingerprint density at radius 3 is 2.88 bits per heavy atom. The second-order valence-corrected chi connectivity index (χ2v) is 6.51. The molecule has 6 nitrogen and oxygen atoms in total. The number of hydrogen-bond acceptors (Lipinski definition) is 4. The fourth-order valence-corrected chi connectivity index (χ4v) is 3.82. The maximum Gasteiger partial charge on any atom is 0.247 e. The minimum Gasteiger partial charge on any atom is -0.496 e. The summed E-state index contributed by atoms with van der Waals surface area (Å²) in [4.78, 5) is 28.9. The monoisotopic (exact) mass is 331 g/mol. The molecule has 2 amide bonds. The summed E-state index contributed by atoms with van der Waals surface area (Å²) in [6.07, 6.45) is 2.04. The third kappa shape index (κ3) is 2.65. The van der Waals surface area contributed by atoms with Gasteiger partial charge in [-0.25, -0.2) is 0 Å². The molecule has 1 fully saturated rings. The molecule has 1 atom stereocenters. The van der Waals surface area contributed by atoms with E-state index in [1.807, 2.05) is 25.1 Å². The van der Waals surface area contributed by atoms with Gasteiger partial charge in [0, 0.05) is 19.6 Å². The molecule has 1 aliphatic carbocycles. The maximum atomic E-state index is 13.2. The molecule has 3 rings (SSSR count). The van der Waals surface area contributed by atoms with Crippen molar-refractivity contribution in [3.63, 3.8) is 0 Å². The number of rotatable bonds is 3. The van der Waals surface area contributed by atoms with Crippen LogP contribution < -0.4 is 10.5 Å². The summed E-state index contributed by atoms with van der Waals surface area (Å²) in [6.45, 7) is 4.01. The molecule has 0 bridgehead atoms. The number of carbonyl (C=O) groups is 2. The third-order valence-electron chi connectivity index (χ3n) is 5.19. The highest BCUT2D eigenvalue weighted by atomic mass is 16.5. The Labute approximate surface area is 142 Å². The van der Waals surface area contributed by atoms with E-state index in [1.54, 1.807) is 16.9 Å². The molecule has 0 aromatic heterocycles. The van der Waals surface area contributed by atoms with Crippen LogP contribution in [0.3, 0.4) is 0 Å². The second kappa shape index (κ2) is 6.43. The Bertz CT molecular complexity index is 661. The minimum absolute atomic E-state index is 0.00388. The lowest BCUT2D eigenvalue weighted by atomic mass is 9.91. The smallest absolute Gasteiger partial charge is 0.247 e. The van der Waals surface area contributed by atoms with Gasteiger partial charge in [0.25, 0.3) is 0 Å². The zero-order valence-corrected chi connectivity index (χ0v) is 14.4. The molecule has 24 heavy (non-hydrogen) atoms. The largest absolute Gasteiger partial charge is 0.496 e. The molecule has 1 heterocycles. The fraction of sp³-hybridized carbons (Fsp3) is 0.556. The van der Waals surface area contributed by atoms with Crippen LogP contribution in [-0.4, -0.2) is 54.9 Å². The average molecular weight is 331 g/mol. The van der Waals surface area contributed by atoms with E-state index in [-0.39, 0.29) is 18.4 Å². The summed E-state index contributed by atoms with van der Waals surface area (Å²) >= 11 is 0. The molecule has 6 heteroatoms. The van der Waals surface area contributed by atoms with E-state index in [0.717, 1.165) is 23.3 Å². The Morgan fingerprint density at radius 1 is 1.38 bits per heavy atom. The number of methoxy groups -OCH3 is 1. The van der Waals surface area contributed by atoms with E-state index in [4.69, 9.17) is 10.5 Å². The first kappa shape index (κ1) is 16.8. The van der Waals surface area contributed by atoms with E-state index >= 15 is 0 Å². The van der Waals surface area contributed by atoms with Crippen molar-refractivity contribution in [3.05, 3.63) is 29.3 Å². The first-order valence-electron chi connectivity index (χ1n) is 8.53. The van der Waals surface area contributed by atoms with Gasteiger partial charge in [0.15, 0.2) is 0 Å². The van der Waals surface area contributed by atoms with Gasteiger partial charge < -0.3 is 20.3 Å². The Morgan fingerprint density at radius 2 is 2.17 bits per heavy atom. The van der Waals surface area contributed by atoms with Crippen molar-refractivity contribution >= 4 is 11.8 Å². The summed E-state index contributed by atoms with van der Waals surface area (Å²) in [5.74, 6) is 0.619. The van der Waals surface area contributed by atoms with Gasteiger partial charge in [0.1, 0.15) is 11.3 Å². The summed E-state index contributed by atoms with van der Waals surface area (Å²) in [6, 6.07) is 5.66. The molecule has 2 aliphatic rings. The highest BCUT2D eigenvalue weighted by Crippen LogP contribution is 2.40. The molecule has 0 saturated carbocycles. The molecular weight excluding hydrogens is 306 g/mol. The van der Waals surface area contributed by atoms with Crippen LogP contribution in [0.15, 0.2) is 18.2 Å². The lowest BCUT2D eigenvalue weighted by molar-refractivity contribution is -0.142. The van der Waals surface area contributed by atoms with Crippen LogP contribution in [0.4, 0.5) is 0 Å².